The summed E-state index contributed by atoms with van der Waals surface area (Å²) in [6, 6.07) is 9.86. The van der Waals surface area contributed by atoms with Crippen molar-refractivity contribution >= 4 is 46.5 Å². The molecular formula is C15H10Cl2N2O5. The molecule has 0 aliphatic rings. The van der Waals surface area contributed by atoms with E-state index in [-0.39, 0.29) is 22.0 Å². The molecule has 0 aliphatic heterocycles. The minimum Gasteiger partial charge on any atom is -0.452 e. The van der Waals surface area contributed by atoms with Gasteiger partial charge < -0.3 is 10.1 Å². The van der Waals surface area contributed by atoms with Crippen molar-refractivity contribution in [1.29, 1.82) is 0 Å². The number of esters is 1. The van der Waals surface area contributed by atoms with Crippen LogP contribution < -0.4 is 5.32 Å². The lowest BCUT2D eigenvalue weighted by Crippen LogP contribution is -2.21. The third kappa shape index (κ3) is 4.68. The number of carbonyl (C=O) groups excluding carboxylic acids is 2. The maximum atomic E-state index is 11.8. The van der Waals surface area contributed by atoms with E-state index < -0.39 is 23.4 Å². The Bertz CT molecular complexity index is 810. The van der Waals surface area contributed by atoms with Crippen LogP contribution in [0.25, 0.3) is 0 Å². The molecule has 1 amide bonds. The Hall–Kier alpha value is -2.64. The summed E-state index contributed by atoms with van der Waals surface area (Å²) in [5.41, 5.74) is 0.0257. The number of ether oxygens (including phenoxy) is 1. The van der Waals surface area contributed by atoms with Gasteiger partial charge in [0.1, 0.15) is 5.02 Å². The van der Waals surface area contributed by atoms with Gasteiger partial charge in [0.15, 0.2) is 6.61 Å². The molecule has 2 aromatic rings. The van der Waals surface area contributed by atoms with Crippen LogP contribution in [0.5, 0.6) is 0 Å². The lowest BCUT2D eigenvalue weighted by atomic mass is 10.2. The zero-order valence-corrected chi connectivity index (χ0v) is 13.5. The molecule has 0 saturated carbocycles. The molecule has 0 aromatic heterocycles. The van der Waals surface area contributed by atoms with E-state index in [0.717, 1.165) is 6.07 Å². The number of nitrogens with one attached hydrogen (secondary N) is 1. The summed E-state index contributed by atoms with van der Waals surface area (Å²) < 4.78 is 4.85. The standard InChI is InChI=1S/C15H10Cl2N2O5/c16-10-3-1-2-9(6-10)15(21)24-8-14(20)18-11-4-5-12(17)13(7-11)19(22)23/h1-7H,8H2,(H,18,20). The lowest BCUT2D eigenvalue weighted by molar-refractivity contribution is -0.384. The van der Waals surface area contributed by atoms with Crippen LogP contribution in [0.4, 0.5) is 11.4 Å². The van der Waals surface area contributed by atoms with E-state index >= 15 is 0 Å². The van der Waals surface area contributed by atoms with Gasteiger partial charge in [-0.3, -0.25) is 14.9 Å². The second kappa shape index (κ2) is 7.76. The molecule has 0 fully saturated rings. The highest BCUT2D eigenvalue weighted by atomic mass is 35.5. The van der Waals surface area contributed by atoms with Crippen molar-refractivity contribution in [2.24, 2.45) is 0 Å². The summed E-state index contributed by atoms with van der Waals surface area (Å²) in [6.07, 6.45) is 0. The molecule has 0 radical (unpaired) electrons. The van der Waals surface area contributed by atoms with Gasteiger partial charge in [-0.2, -0.15) is 0 Å². The van der Waals surface area contributed by atoms with Crippen molar-refractivity contribution in [3.63, 3.8) is 0 Å². The Labute approximate surface area is 146 Å². The van der Waals surface area contributed by atoms with Gasteiger partial charge in [0, 0.05) is 16.8 Å². The third-order valence-electron chi connectivity index (χ3n) is 2.82. The van der Waals surface area contributed by atoms with Crippen LogP contribution in [0.3, 0.4) is 0 Å². The molecule has 0 atom stereocenters. The van der Waals surface area contributed by atoms with Crippen molar-refractivity contribution in [2.75, 3.05) is 11.9 Å². The molecule has 2 rings (SSSR count). The number of halogens is 2. The van der Waals surface area contributed by atoms with Gasteiger partial charge in [-0.15, -0.1) is 0 Å². The van der Waals surface area contributed by atoms with Gasteiger partial charge in [-0.1, -0.05) is 29.3 Å². The zero-order chi connectivity index (χ0) is 17.7. The molecule has 24 heavy (non-hydrogen) atoms. The van der Waals surface area contributed by atoms with Crippen molar-refractivity contribution in [2.45, 2.75) is 0 Å². The monoisotopic (exact) mass is 368 g/mol. The first-order valence-corrected chi connectivity index (χ1v) is 7.29. The molecule has 1 N–H and O–H groups in total. The predicted molar refractivity (Wildman–Crippen MR) is 88.5 cm³/mol. The first-order chi connectivity index (χ1) is 11.4. The fourth-order valence-corrected chi connectivity index (χ4v) is 2.13. The van der Waals surface area contributed by atoms with Gasteiger partial charge in [-0.05, 0) is 30.3 Å². The number of hydrogen-bond acceptors (Lipinski definition) is 5. The largest absolute Gasteiger partial charge is 0.452 e. The third-order valence-corrected chi connectivity index (χ3v) is 3.38. The number of rotatable bonds is 5. The summed E-state index contributed by atoms with van der Waals surface area (Å²) in [5, 5.41) is 13.5. The Morgan fingerprint density at radius 3 is 2.58 bits per heavy atom. The van der Waals surface area contributed by atoms with Crippen LogP contribution in [0.15, 0.2) is 42.5 Å². The molecule has 7 nitrogen and oxygen atoms in total. The van der Waals surface area contributed by atoms with Gasteiger partial charge >= 0.3 is 5.97 Å². The number of carbonyl (C=O) groups is 2. The zero-order valence-electron chi connectivity index (χ0n) is 12.0. The quantitative estimate of drug-likeness (QED) is 0.492. The topological polar surface area (TPSA) is 98.5 Å². The van der Waals surface area contributed by atoms with Crippen LogP contribution in [0.1, 0.15) is 10.4 Å². The molecular weight excluding hydrogens is 359 g/mol. The van der Waals surface area contributed by atoms with E-state index in [9.17, 15) is 19.7 Å². The first-order valence-electron chi connectivity index (χ1n) is 6.53. The maximum Gasteiger partial charge on any atom is 0.338 e. The maximum absolute atomic E-state index is 11.8. The fraction of sp³-hybridized carbons (Fsp3) is 0.0667. The van der Waals surface area contributed by atoms with Crippen molar-refractivity contribution in [3.8, 4) is 0 Å². The minimum atomic E-state index is -0.713. The van der Waals surface area contributed by atoms with Crippen LogP contribution in [0.2, 0.25) is 10.0 Å². The summed E-state index contributed by atoms with van der Waals surface area (Å²) in [4.78, 5) is 33.7. The van der Waals surface area contributed by atoms with Crippen molar-refractivity contribution in [3.05, 3.63) is 68.2 Å². The number of benzene rings is 2. The Morgan fingerprint density at radius 1 is 1.17 bits per heavy atom. The molecule has 0 saturated heterocycles. The SMILES string of the molecule is O=C(COC(=O)c1cccc(Cl)c1)Nc1ccc(Cl)c([N+](=O)[O-])c1. The molecule has 9 heteroatoms. The second-order valence-corrected chi connectivity index (χ2v) is 5.40. The second-order valence-electron chi connectivity index (χ2n) is 4.56. The van der Waals surface area contributed by atoms with Crippen LogP contribution in [-0.4, -0.2) is 23.4 Å². The normalized spacial score (nSPS) is 10.1. The van der Waals surface area contributed by atoms with Crippen LogP contribution >= 0.6 is 23.2 Å². The number of nitro groups is 1. The molecule has 0 bridgehead atoms. The van der Waals surface area contributed by atoms with Crippen LogP contribution in [0, 0.1) is 10.1 Å². The molecule has 0 spiro atoms. The van der Waals surface area contributed by atoms with E-state index in [4.69, 9.17) is 27.9 Å². The Kier molecular flexibility index (Phi) is 5.73. The summed E-state index contributed by atoms with van der Waals surface area (Å²) in [6.45, 7) is -0.554. The van der Waals surface area contributed by atoms with Crippen LogP contribution in [-0.2, 0) is 9.53 Å². The van der Waals surface area contributed by atoms with Crippen molar-refractivity contribution in [1.82, 2.24) is 0 Å². The van der Waals surface area contributed by atoms with E-state index in [1.54, 1.807) is 12.1 Å². The minimum absolute atomic E-state index is 0.0506. The predicted octanol–water partition coefficient (Wildman–Crippen LogP) is 3.70. The lowest BCUT2D eigenvalue weighted by Gasteiger charge is -2.07. The van der Waals surface area contributed by atoms with Crippen molar-refractivity contribution < 1.29 is 19.2 Å². The number of nitro benzene ring substituents is 1. The van der Waals surface area contributed by atoms with E-state index in [1.165, 1.54) is 24.3 Å². The molecule has 0 aliphatic carbocycles. The average molecular weight is 369 g/mol. The van der Waals surface area contributed by atoms with Gasteiger partial charge in [0.05, 0.1) is 10.5 Å². The highest BCUT2D eigenvalue weighted by Crippen LogP contribution is 2.27. The molecule has 0 heterocycles. The number of hydrogen-bond donors (Lipinski definition) is 1. The van der Waals surface area contributed by atoms with Gasteiger partial charge in [-0.25, -0.2) is 4.79 Å². The Balaban J connectivity index is 1.95. The van der Waals surface area contributed by atoms with Gasteiger partial charge in [0.2, 0.25) is 0 Å². The summed E-state index contributed by atoms with van der Waals surface area (Å²) in [5.74, 6) is -1.36. The van der Waals surface area contributed by atoms with E-state index in [1.807, 2.05) is 0 Å². The first kappa shape index (κ1) is 17.7. The summed E-state index contributed by atoms with van der Waals surface area (Å²) >= 11 is 11.4. The molecule has 2 aromatic carbocycles. The summed E-state index contributed by atoms with van der Waals surface area (Å²) in [7, 11) is 0. The molecule has 124 valence electrons. The smallest absolute Gasteiger partial charge is 0.338 e. The van der Waals surface area contributed by atoms with E-state index in [2.05, 4.69) is 5.32 Å². The van der Waals surface area contributed by atoms with Gasteiger partial charge in [0.25, 0.3) is 11.6 Å². The Morgan fingerprint density at radius 2 is 1.92 bits per heavy atom. The molecule has 0 unspecified atom stereocenters. The van der Waals surface area contributed by atoms with E-state index in [0.29, 0.717) is 5.02 Å². The highest BCUT2D eigenvalue weighted by molar-refractivity contribution is 6.32. The fourth-order valence-electron chi connectivity index (χ4n) is 1.76. The number of amides is 1. The highest BCUT2D eigenvalue weighted by Gasteiger charge is 2.15. The number of anilines is 1. The average Bonchev–Trinajstić information content (AvgIpc) is 2.54. The number of nitrogens with zero attached hydrogens (tertiary/aromatic N) is 1.